The highest BCUT2D eigenvalue weighted by Gasteiger charge is 2.21. The molecular weight excluding hydrogens is 423 g/mol. The largest absolute Gasteiger partial charge is 0.425 e. The third-order valence-electron chi connectivity index (χ3n) is 5.24. The zero-order valence-electron chi connectivity index (χ0n) is 17.2. The van der Waals surface area contributed by atoms with Gasteiger partial charge in [0.05, 0.1) is 6.54 Å². The Morgan fingerprint density at radius 1 is 1.06 bits per heavy atom. The maximum absolute atomic E-state index is 14.2. The second-order valence-corrected chi connectivity index (χ2v) is 7.57. The molecule has 2 aromatic carbocycles. The summed E-state index contributed by atoms with van der Waals surface area (Å²) < 4.78 is 23.7. The molecule has 0 aliphatic heterocycles. The smallest absolute Gasteiger partial charge is 0.332 e. The Balaban J connectivity index is 1.83. The number of fused-ring (bicyclic) bond motifs is 1. The Morgan fingerprint density at radius 3 is 2.42 bits per heavy atom. The normalized spacial score (nSPS) is 11.3. The van der Waals surface area contributed by atoms with E-state index in [1.807, 2.05) is 24.3 Å². The molecule has 160 valence electrons. The Hall–Kier alpha value is -3.39. The Bertz CT molecular complexity index is 1380. The summed E-state index contributed by atoms with van der Waals surface area (Å²) in [7, 11) is 3.12. The third kappa shape index (κ3) is 3.63. The van der Waals surface area contributed by atoms with Gasteiger partial charge < -0.3 is 4.74 Å². The van der Waals surface area contributed by atoms with Crippen molar-refractivity contribution in [1.82, 2.24) is 18.7 Å². The molecule has 0 amide bonds. The summed E-state index contributed by atoms with van der Waals surface area (Å²) in [6.45, 7) is 1.76. The van der Waals surface area contributed by atoms with Crippen LogP contribution in [0.4, 0.5) is 4.39 Å². The van der Waals surface area contributed by atoms with Crippen LogP contribution in [-0.2, 0) is 27.1 Å². The van der Waals surface area contributed by atoms with Crippen molar-refractivity contribution in [2.45, 2.75) is 19.9 Å². The number of halogens is 2. The zero-order chi connectivity index (χ0) is 22.3. The summed E-state index contributed by atoms with van der Waals surface area (Å²) >= 11 is 6.09. The monoisotopic (exact) mass is 442 g/mol. The number of hydrogen-bond acceptors (Lipinski definition) is 4. The number of hydrogen-bond donors (Lipinski definition) is 0. The lowest BCUT2D eigenvalue weighted by atomic mass is 10.2. The Labute approximate surface area is 181 Å². The molecule has 9 heteroatoms. The van der Waals surface area contributed by atoms with Gasteiger partial charge in [0, 0.05) is 24.7 Å². The predicted molar refractivity (Wildman–Crippen MR) is 117 cm³/mol. The highest BCUT2D eigenvalue weighted by Crippen LogP contribution is 2.24. The van der Waals surface area contributed by atoms with E-state index in [-0.39, 0.29) is 34.3 Å². The highest BCUT2D eigenvalue weighted by atomic mass is 35.5. The molecule has 0 spiro atoms. The fraction of sp³-hybridized carbons (Fsp3) is 0.227. The molecule has 2 heterocycles. The highest BCUT2D eigenvalue weighted by molar-refractivity contribution is 6.31. The summed E-state index contributed by atoms with van der Waals surface area (Å²) in [5, 5.41) is 0.138. The first-order chi connectivity index (χ1) is 14.8. The van der Waals surface area contributed by atoms with Crippen LogP contribution in [0.1, 0.15) is 18.1 Å². The van der Waals surface area contributed by atoms with Crippen molar-refractivity contribution in [2.24, 2.45) is 14.1 Å². The minimum atomic E-state index is -0.631. The van der Waals surface area contributed by atoms with Crippen molar-refractivity contribution in [2.75, 3.05) is 0 Å². The van der Waals surface area contributed by atoms with Crippen molar-refractivity contribution >= 4 is 22.8 Å². The first-order valence-electron chi connectivity index (χ1n) is 9.67. The van der Waals surface area contributed by atoms with Gasteiger partial charge in [0.15, 0.2) is 11.2 Å². The molecule has 4 aromatic rings. The predicted octanol–water partition coefficient (Wildman–Crippen LogP) is 3.63. The van der Waals surface area contributed by atoms with Gasteiger partial charge in [0.2, 0.25) is 0 Å². The second-order valence-electron chi connectivity index (χ2n) is 7.16. The first-order valence-corrected chi connectivity index (χ1v) is 10.1. The number of imidazole rings is 1. The van der Waals surface area contributed by atoms with Crippen LogP contribution in [0.15, 0.2) is 52.1 Å². The number of rotatable bonds is 5. The SMILES string of the molecule is CCc1ccc(Oc2nc3c(c(=O)n(Cc4c(F)cccc4Cl)c(=O)n3C)n2C)cc1. The van der Waals surface area contributed by atoms with Gasteiger partial charge in [-0.15, -0.1) is 0 Å². The maximum Gasteiger partial charge on any atom is 0.332 e. The molecule has 0 saturated carbocycles. The number of benzene rings is 2. The molecule has 0 bridgehead atoms. The molecule has 2 aromatic heterocycles. The molecule has 0 aliphatic rings. The maximum atomic E-state index is 14.2. The van der Waals surface area contributed by atoms with Gasteiger partial charge >= 0.3 is 11.7 Å². The van der Waals surface area contributed by atoms with Crippen molar-refractivity contribution in [3.63, 3.8) is 0 Å². The van der Waals surface area contributed by atoms with E-state index in [0.717, 1.165) is 16.6 Å². The molecule has 0 radical (unpaired) electrons. The van der Waals surface area contributed by atoms with Crippen LogP contribution >= 0.6 is 11.6 Å². The molecule has 31 heavy (non-hydrogen) atoms. The van der Waals surface area contributed by atoms with E-state index in [1.165, 1.54) is 34.4 Å². The summed E-state index contributed by atoms with van der Waals surface area (Å²) in [6, 6.07) is 11.9. The van der Waals surface area contributed by atoms with Crippen LogP contribution in [0.2, 0.25) is 5.02 Å². The van der Waals surface area contributed by atoms with Crippen LogP contribution in [0.25, 0.3) is 11.2 Å². The number of ether oxygens (including phenoxy) is 1. The van der Waals surface area contributed by atoms with Crippen LogP contribution in [0.3, 0.4) is 0 Å². The molecule has 0 fully saturated rings. The lowest BCUT2D eigenvalue weighted by Gasteiger charge is -2.10. The van der Waals surface area contributed by atoms with Crippen LogP contribution < -0.4 is 16.0 Å². The van der Waals surface area contributed by atoms with Crippen LogP contribution in [0.5, 0.6) is 11.8 Å². The molecule has 0 aliphatic carbocycles. The molecule has 4 rings (SSSR count). The average molecular weight is 443 g/mol. The van der Waals surface area contributed by atoms with E-state index in [4.69, 9.17) is 16.3 Å². The summed E-state index contributed by atoms with van der Waals surface area (Å²) in [5.41, 5.74) is 0.326. The molecular formula is C22H20ClFN4O3. The standard InChI is InChI=1S/C22H20ClFN4O3/c1-4-13-8-10-14(11-9-13)31-21-25-19-18(26(21)2)20(29)28(22(30)27(19)3)12-15-16(23)6-5-7-17(15)24/h5-11H,4,12H2,1-3H3. The Kier molecular flexibility index (Phi) is 5.41. The fourth-order valence-electron chi connectivity index (χ4n) is 3.39. The number of aromatic nitrogens is 4. The second kappa shape index (κ2) is 8.03. The summed E-state index contributed by atoms with van der Waals surface area (Å²) in [6.07, 6.45) is 0.903. The molecule has 0 saturated heterocycles. The van der Waals surface area contributed by atoms with Gasteiger partial charge in [-0.1, -0.05) is 36.7 Å². The topological polar surface area (TPSA) is 71.1 Å². The first kappa shape index (κ1) is 20.9. The van der Waals surface area contributed by atoms with Crippen molar-refractivity contribution in [3.8, 4) is 11.8 Å². The zero-order valence-corrected chi connectivity index (χ0v) is 18.0. The molecule has 0 N–H and O–H groups in total. The van der Waals surface area contributed by atoms with Crippen molar-refractivity contribution < 1.29 is 9.13 Å². The minimum absolute atomic E-state index is 0.0670. The summed E-state index contributed by atoms with van der Waals surface area (Å²) in [5.74, 6) is -0.0369. The summed E-state index contributed by atoms with van der Waals surface area (Å²) in [4.78, 5) is 30.4. The van der Waals surface area contributed by atoms with Crippen molar-refractivity contribution in [3.05, 3.63) is 85.3 Å². The van der Waals surface area contributed by atoms with E-state index in [1.54, 1.807) is 7.05 Å². The fourth-order valence-corrected chi connectivity index (χ4v) is 3.62. The quantitative estimate of drug-likeness (QED) is 0.473. The molecule has 0 atom stereocenters. The van der Waals surface area contributed by atoms with E-state index < -0.39 is 17.1 Å². The minimum Gasteiger partial charge on any atom is -0.425 e. The van der Waals surface area contributed by atoms with Gasteiger partial charge in [-0.05, 0) is 36.2 Å². The average Bonchev–Trinajstić information content (AvgIpc) is 3.08. The lowest BCUT2D eigenvalue weighted by molar-refractivity contribution is 0.427. The Morgan fingerprint density at radius 2 is 1.77 bits per heavy atom. The van der Waals surface area contributed by atoms with Crippen LogP contribution in [-0.4, -0.2) is 18.7 Å². The van der Waals surface area contributed by atoms with Gasteiger partial charge in [-0.3, -0.25) is 18.5 Å². The van der Waals surface area contributed by atoms with Gasteiger partial charge in [0.25, 0.3) is 5.56 Å². The number of nitrogens with zero attached hydrogens (tertiary/aromatic N) is 4. The number of aryl methyl sites for hydroxylation is 3. The van der Waals surface area contributed by atoms with Crippen LogP contribution in [0, 0.1) is 5.82 Å². The third-order valence-corrected chi connectivity index (χ3v) is 5.59. The van der Waals surface area contributed by atoms with Crippen molar-refractivity contribution in [1.29, 1.82) is 0 Å². The van der Waals surface area contributed by atoms with E-state index in [9.17, 15) is 14.0 Å². The lowest BCUT2D eigenvalue weighted by Crippen LogP contribution is -2.40. The van der Waals surface area contributed by atoms with E-state index >= 15 is 0 Å². The van der Waals surface area contributed by atoms with Gasteiger partial charge in [0.1, 0.15) is 11.6 Å². The van der Waals surface area contributed by atoms with E-state index in [0.29, 0.717) is 5.75 Å². The molecule has 0 unspecified atom stereocenters. The van der Waals surface area contributed by atoms with E-state index in [2.05, 4.69) is 11.9 Å². The van der Waals surface area contributed by atoms with Gasteiger partial charge in [-0.25, -0.2) is 9.18 Å². The molecule has 7 nitrogen and oxygen atoms in total. The van der Waals surface area contributed by atoms with Gasteiger partial charge in [-0.2, -0.15) is 4.98 Å².